The fourth-order valence-electron chi connectivity index (χ4n) is 3.35. The Labute approximate surface area is 177 Å². The van der Waals surface area contributed by atoms with Crippen LogP contribution in [-0.4, -0.2) is 28.7 Å². The lowest BCUT2D eigenvalue weighted by Gasteiger charge is -2.16. The number of carbonyl (C=O) groups is 1. The number of esters is 1. The number of imidazole rings is 1. The predicted molar refractivity (Wildman–Crippen MR) is 116 cm³/mol. The lowest BCUT2D eigenvalue weighted by molar-refractivity contribution is -0.149. The monoisotopic (exact) mass is 424 g/mol. The second-order valence-electron chi connectivity index (χ2n) is 6.83. The molecule has 1 atom stereocenters. The number of thiophene rings is 1. The molecule has 0 N–H and O–H groups in total. The van der Waals surface area contributed by atoms with Gasteiger partial charge in [-0.2, -0.15) is 11.3 Å². The van der Waals surface area contributed by atoms with Crippen molar-refractivity contribution in [2.45, 2.75) is 25.9 Å². The average molecular weight is 424 g/mol. The number of aromatic nitrogens is 2. The minimum atomic E-state index is -0.670. The van der Waals surface area contributed by atoms with Crippen LogP contribution in [0.25, 0.3) is 28.1 Å². The molecule has 4 aromatic rings. The van der Waals surface area contributed by atoms with E-state index < -0.39 is 12.1 Å². The van der Waals surface area contributed by atoms with Crippen molar-refractivity contribution in [3.63, 3.8) is 0 Å². The maximum atomic E-state index is 13.5. The number of carbonyl (C=O) groups excluding carboxylic acids is 1. The summed E-state index contributed by atoms with van der Waals surface area (Å²) >= 11 is 1.58. The van der Waals surface area contributed by atoms with Crippen LogP contribution in [0.1, 0.15) is 19.8 Å². The van der Waals surface area contributed by atoms with E-state index in [1.165, 1.54) is 19.2 Å². The first-order chi connectivity index (χ1) is 14.6. The average Bonchev–Trinajstić information content (AvgIpc) is 3.41. The van der Waals surface area contributed by atoms with Crippen molar-refractivity contribution in [1.82, 2.24) is 9.55 Å². The summed E-state index contributed by atoms with van der Waals surface area (Å²) in [5.74, 6) is 0.604. The highest BCUT2D eigenvalue weighted by Crippen LogP contribution is 2.32. The zero-order valence-corrected chi connectivity index (χ0v) is 17.5. The van der Waals surface area contributed by atoms with Crippen molar-refractivity contribution < 1.29 is 18.7 Å². The molecule has 0 aliphatic heterocycles. The molecule has 0 fully saturated rings. The Kier molecular flexibility index (Phi) is 5.81. The summed E-state index contributed by atoms with van der Waals surface area (Å²) in [5, 5.41) is 4.01. The molecule has 2 heterocycles. The van der Waals surface area contributed by atoms with Crippen molar-refractivity contribution >= 4 is 28.3 Å². The van der Waals surface area contributed by atoms with Crippen molar-refractivity contribution in [2.24, 2.45) is 0 Å². The fourth-order valence-corrected chi connectivity index (χ4v) is 3.98. The van der Waals surface area contributed by atoms with Gasteiger partial charge in [-0.1, -0.05) is 13.3 Å². The summed E-state index contributed by atoms with van der Waals surface area (Å²) in [7, 11) is 1.36. The zero-order chi connectivity index (χ0) is 21.1. The molecule has 0 amide bonds. The van der Waals surface area contributed by atoms with Gasteiger partial charge in [0, 0.05) is 22.7 Å². The third-order valence-corrected chi connectivity index (χ3v) is 5.47. The number of nitrogens with zero attached hydrogens (tertiary/aromatic N) is 2. The predicted octanol–water partition coefficient (Wildman–Crippen LogP) is 5.61. The lowest BCUT2D eigenvalue weighted by atomic mass is 10.2. The Morgan fingerprint density at radius 1 is 1.20 bits per heavy atom. The first kappa shape index (κ1) is 20.1. The Morgan fingerprint density at radius 2 is 2.00 bits per heavy atom. The van der Waals surface area contributed by atoms with Gasteiger partial charge >= 0.3 is 5.97 Å². The molecule has 0 saturated carbocycles. The van der Waals surface area contributed by atoms with E-state index in [-0.39, 0.29) is 5.82 Å². The van der Waals surface area contributed by atoms with Gasteiger partial charge in [-0.05, 0) is 54.3 Å². The largest absolute Gasteiger partial charge is 0.479 e. The molecule has 154 valence electrons. The SMILES string of the molecule is CCCC(Oc1ccc2nc(-c3ccsc3)n(-c3ccc(F)cc3)c2c1)C(=O)OC. The maximum absolute atomic E-state index is 13.5. The Hall–Kier alpha value is -3.19. The second kappa shape index (κ2) is 8.67. The van der Waals surface area contributed by atoms with E-state index >= 15 is 0 Å². The Balaban J connectivity index is 1.83. The molecule has 0 saturated heterocycles. The maximum Gasteiger partial charge on any atom is 0.347 e. The summed E-state index contributed by atoms with van der Waals surface area (Å²) in [6.45, 7) is 1.99. The molecule has 4 rings (SSSR count). The van der Waals surface area contributed by atoms with E-state index in [4.69, 9.17) is 14.5 Å². The standard InChI is InChI=1S/C23H21FN2O3S/c1-3-4-21(23(27)28-2)29-18-9-10-19-20(13-18)26(17-7-5-16(24)6-8-17)22(25-19)15-11-12-30-14-15/h5-14,21H,3-4H2,1-2H3. The van der Waals surface area contributed by atoms with Crippen LogP contribution in [-0.2, 0) is 9.53 Å². The van der Waals surface area contributed by atoms with Crippen LogP contribution < -0.4 is 4.74 Å². The van der Waals surface area contributed by atoms with E-state index in [0.717, 1.165) is 34.5 Å². The van der Waals surface area contributed by atoms with Crippen LogP contribution in [0.4, 0.5) is 4.39 Å². The van der Waals surface area contributed by atoms with Gasteiger partial charge in [-0.25, -0.2) is 14.2 Å². The molecule has 7 heteroatoms. The van der Waals surface area contributed by atoms with Crippen LogP contribution in [0.2, 0.25) is 0 Å². The van der Waals surface area contributed by atoms with Gasteiger partial charge in [-0.3, -0.25) is 4.57 Å². The number of benzene rings is 2. The summed E-state index contributed by atoms with van der Waals surface area (Å²) in [5.41, 5.74) is 3.34. The molecule has 0 bridgehead atoms. The minimum absolute atomic E-state index is 0.301. The molecule has 30 heavy (non-hydrogen) atoms. The molecule has 0 aliphatic carbocycles. The lowest BCUT2D eigenvalue weighted by Crippen LogP contribution is -2.28. The highest BCUT2D eigenvalue weighted by molar-refractivity contribution is 7.08. The summed E-state index contributed by atoms with van der Waals surface area (Å²) < 4.78 is 26.3. The first-order valence-corrected chi connectivity index (χ1v) is 10.6. The van der Waals surface area contributed by atoms with Gasteiger partial charge in [0.05, 0.1) is 18.1 Å². The van der Waals surface area contributed by atoms with E-state index in [2.05, 4.69) is 0 Å². The van der Waals surface area contributed by atoms with Gasteiger partial charge < -0.3 is 9.47 Å². The molecule has 2 aromatic heterocycles. The second-order valence-corrected chi connectivity index (χ2v) is 7.61. The molecule has 0 radical (unpaired) electrons. The molecule has 1 unspecified atom stereocenters. The van der Waals surface area contributed by atoms with Crippen molar-refractivity contribution in [3.8, 4) is 22.8 Å². The van der Waals surface area contributed by atoms with E-state index in [0.29, 0.717) is 12.2 Å². The third-order valence-electron chi connectivity index (χ3n) is 4.78. The van der Waals surface area contributed by atoms with Crippen molar-refractivity contribution in [2.75, 3.05) is 7.11 Å². The molecule has 2 aromatic carbocycles. The number of rotatable bonds is 7. The summed E-state index contributed by atoms with van der Waals surface area (Å²) in [6, 6.07) is 13.8. The summed E-state index contributed by atoms with van der Waals surface area (Å²) in [6.07, 6.45) is 0.677. The van der Waals surface area contributed by atoms with E-state index in [1.807, 2.05) is 40.5 Å². The van der Waals surface area contributed by atoms with Gasteiger partial charge in [-0.15, -0.1) is 0 Å². The smallest absolute Gasteiger partial charge is 0.347 e. The van der Waals surface area contributed by atoms with Gasteiger partial charge in [0.15, 0.2) is 6.10 Å². The number of halogens is 1. The number of ether oxygens (including phenoxy) is 2. The Morgan fingerprint density at radius 3 is 2.67 bits per heavy atom. The van der Waals surface area contributed by atoms with E-state index in [1.54, 1.807) is 29.5 Å². The summed E-state index contributed by atoms with van der Waals surface area (Å²) in [4.78, 5) is 16.8. The third kappa shape index (κ3) is 3.93. The van der Waals surface area contributed by atoms with Crippen LogP contribution in [0.3, 0.4) is 0 Å². The molecule has 5 nitrogen and oxygen atoms in total. The zero-order valence-electron chi connectivity index (χ0n) is 16.7. The van der Waals surface area contributed by atoms with Crippen LogP contribution in [0.5, 0.6) is 5.75 Å². The quantitative estimate of drug-likeness (QED) is 0.362. The minimum Gasteiger partial charge on any atom is -0.479 e. The van der Waals surface area contributed by atoms with Gasteiger partial charge in [0.2, 0.25) is 0 Å². The number of methoxy groups -OCH3 is 1. The Bertz CT molecular complexity index is 1150. The fraction of sp³-hybridized carbons (Fsp3) is 0.217. The molecular weight excluding hydrogens is 403 g/mol. The topological polar surface area (TPSA) is 53.4 Å². The van der Waals surface area contributed by atoms with Crippen molar-refractivity contribution in [3.05, 3.63) is 65.1 Å². The first-order valence-electron chi connectivity index (χ1n) is 9.66. The van der Waals surface area contributed by atoms with Crippen LogP contribution in [0.15, 0.2) is 59.3 Å². The highest BCUT2D eigenvalue weighted by atomic mass is 32.1. The van der Waals surface area contributed by atoms with Gasteiger partial charge in [0.25, 0.3) is 0 Å². The van der Waals surface area contributed by atoms with Gasteiger partial charge in [0.1, 0.15) is 17.4 Å². The van der Waals surface area contributed by atoms with Crippen molar-refractivity contribution in [1.29, 1.82) is 0 Å². The molecule has 0 spiro atoms. The van der Waals surface area contributed by atoms with Crippen LogP contribution in [0, 0.1) is 5.82 Å². The van der Waals surface area contributed by atoms with Crippen LogP contribution >= 0.6 is 11.3 Å². The number of hydrogen-bond acceptors (Lipinski definition) is 5. The normalized spacial score (nSPS) is 12.1. The number of fused-ring (bicyclic) bond motifs is 1. The molecule has 0 aliphatic rings. The highest BCUT2D eigenvalue weighted by Gasteiger charge is 2.21. The number of hydrogen-bond donors (Lipinski definition) is 0. The molecular formula is C23H21FN2O3S. The van der Waals surface area contributed by atoms with E-state index in [9.17, 15) is 9.18 Å².